The van der Waals surface area contributed by atoms with Crippen LogP contribution in [0.25, 0.3) is 0 Å². The Morgan fingerprint density at radius 2 is 1.87 bits per heavy atom. The van der Waals surface area contributed by atoms with E-state index in [0.717, 1.165) is 42.2 Å². The molecule has 4 heterocycles. The Labute approximate surface area is 356 Å². The fourth-order valence-electron chi connectivity index (χ4n) is 8.11. The molecule has 0 radical (unpaired) electrons. The number of carbonyl (C=O) groups excluding carboxylic acids is 4. The predicted molar refractivity (Wildman–Crippen MR) is 224 cm³/mol. The molecular formula is C41H45ClF3N9O5S. The maximum absolute atomic E-state index is 13.9. The van der Waals surface area contributed by atoms with E-state index in [1.807, 2.05) is 25.1 Å². The maximum Gasteiger partial charge on any atom is 0.419 e. The Morgan fingerprint density at radius 1 is 1.10 bits per heavy atom. The number of benzene rings is 2. The number of hydrogen-bond acceptors (Lipinski definition) is 11. The van der Waals surface area contributed by atoms with Gasteiger partial charge in [0.25, 0.3) is 5.91 Å². The zero-order chi connectivity index (χ0) is 42.1. The number of anilines is 4. The van der Waals surface area contributed by atoms with Crippen molar-refractivity contribution in [3.63, 3.8) is 0 Å². The van der Waals surface area contributed by atoms with Gasteiger partial charge in [-0.3, -0.25) is 39.2 Å². The minimum Gasteiger partial charge on any atom is -0.492 e. The summed E-state index contributed by atoms with van der Waals surface area (Å²) in [5.74, 6) is -0.549. The summed E-state index contributed by atoms with van der Waals surface area (Å²) in [6.07, 6.45) is -0.783. The van der Waals surface area contributed by atoms with Crippen molar-refractivity contribution in [3.05, 3.63) is 71.5 Å². The largest absolute Gasteiger partial charge is 0.492 e. The number of amides is 4. The Kier molecular flexibility index (Phi) is 13.3. The molecule has 2 aromatic carbocycles. The van der Waals surface area contributed by atoms with Crippen LogP contribution in [0.15, 0.2) is 54.7 Å². The second-order valence-corrected chi connectivity index (χ2v) is 15.6. The van der Waals surface area contributed by atoms with Crippen LogP contribution in [0.2, 0.25) is 0 Å². The topological polar surface area (TPSA) is 163 Å². The highest BCUT2D eigenvalue weighted by molar-refractivity contribution is 7.81. The molecule has 19 heteroatoms. The van der Waals surface area contributed by atoms with Crippen LogP contribution in [0.5, 0.6) is 5.75 Å². The van der Waals surface area contributed by atoms with Gasteiger partial charge in [0.15, 0.2) is 10.8 Å². The van der Waals surface area contributed by atoms with E-state index in [4.69, 9.17) is 17.0 Å². The molecule has 3 saturated heterocycles. The number of piperidine rings is 1. The van der Waals surface area contributed by atoms with E-state index >= 15 is 0 Å². The van der Waals surface area contributed by atoms with Gasteiger partial charge in [-0.15, -0.1) is 12.4 Å². The second-order valence-electron chi connectivity index (χ2n) is 15.2. The summed E-state index contributed by atoms with van der Waals surface area (Å²) < 4.78 is 47.7. The Morgan fingerprint density at radius 3 is 2.53 bits per heavy atom. The highest BCUT2D eigenvalue weighted by atomic mass is 35.5. The van der Waals surface area contributed by atoms with Crippen molar-refractivity contribution in [1.29, 1.82) is 5.26 Å². The van der Waals surface area contributed by atoms with Gasteiger partial charge in [0.1, 0.15) is 30.0 Å². The number of hydrogen-bond donors (Lipinski definition) is 3. The van der Waals surface area contributed by atoms with Gasteiger partial charge in [0, 0.05) is 55.7 Å². The molecule has 3 aliphatic heterocycles. The predicted octanol–water partition coefficient (Wildman–Crippen LogP) is 5.26. The lowest BCUT2D eigenvalue weighted by molar-refractivity contribution is -0.138. The number of aromatic nitrogens is 1. The normalized spacial score (nSPS) is 20.6. The van der Waals surface area contributed by atoms with Gasteiger partial charge in [-0.2, -0.15) is 18.4 Å². The SMILES string of the molecule is CCc1cc(N2C(=S)N(c3cnc(C#N)c(C(F)(F)F)c3)C(=O)C23CCC3)ccc1OCCN1CCN(CC(=O)Nc2cccc(NC3CCC(=O)NC3=O)c2)C(C)C1.Cl. The van der Waals surface area contributed by atoms with Gasteiger partial charge in [-0.25, -0.2) is 4.98 Å². The van der Waals surface area contributed by atoms with Crippen molar-refractivity contribution in [2.45, 2.75) is 76.2 Å². The molecular weight excluding hydrogens is 823 g/mol. The molecule has 14 nitrogen and oxygen atoms in total. The number of ether oxygens (including phenoxy) is 1. The van der Waals surface area contributed by atoms with Gasteiger partial charge in [0.2, 0.25) is 17.7 Å². The molecule has 4 fully saturated rings. The van der Waals surface area contributed by atoms with E-state index in [9.17, 15) is 37.6 Å². The summed E-state index contributed by atoms with van der Waals surface area (Å²) in [4.78, 5) is 61.6. The average Bonchev–Trinajstić information content (AvgIpc) is 3.42. The highest BCUT2D eigenvalue weighted by Gasteiger charge is 2.60. The first kappa shape index (κ1) is 44.2. The number of pyridine rings is 1. The third-order valence-electron chi connectivity index (χ3n) is 11.4. The number of alkyl halides is 3. The molecule has 7 rings (SSSR count). The minimum atomic E-state index is -4.85. The lowest BCUT2D eigenvalue weighted by atomic mass is 9.75. The summed E-state index contributed by atoms with van der Waals surface area (Å²) in [7, 11) is 0. The molecule has 60 heavy (non-hydrogen) atoms. The maximum atomic E-state index is 13.9. The first-order chi connectivity index (χ1) is 28.2. The van der Waals surface area contributed by atoms with Crippen molar-refractivity contribution in [2.75, 3.05) is 59.8 Å². The van der Waals surface area contributed by atoms with E-state index in [-0.39, 0.29) is 59.9 Å². The number of nitrogens with zero attached hydrogens (tertiary/aromatic N) is 6. The third kappa shape index (κ3) is 9.04. The van der Waals surface area contributed by atoms with E-state index in [2.05, 4.69) is 37.7 Å². The van der Waals surface area contributed by atoms with Crippen LogP contribution in [0.4, 0.5) is 35.9 Å². The van der Waals surface area contributed by atoms with Crippen LogP contribution in [0, 0.1) is 11.3 Å². The fourth-order valence-corrected chi connectivity index (χ4v) is 8.58. The Bertz CT molecular complexity index is 2220. The molecule has 1 spiro atoms. The standard InChI is InChI=1S/C41H44F3N9O5S.ClH/c1-3-26-18-29(53-39(59)52(38(57)40(53)12-5-13-40)30-20-31(41(42,43)44)33(21-45)46-22-30)8-10-34(26)58-17-16-50-14-15-51(25(2)23-50)24-36(55)48-28-7-4-6-27(19-28)47-32-9-11-35(54)49-37(32)56;/h4,6-8,10,18-20,22,25,32,47H,3,5,9,11-17,23-24H2,1-2H3,(H,48,55)(H,49,54,56);1H. The number of nitrogens with one attached hydrogen (secondary N) is 3. The molecule has 4 amide bonds. The number of aryl methyl sites for hydroxylation is 1. The summed E-state index contributed by atoms with van der Waals surface area (Å²) >= 11 is 5.78. The van der Waals surface area contributed by atoms with E-state index in [0.29, 0.717) is 68.2 Å². The van der Waals surface area contributed by atoms with Crippen LogP contribution in [0.3, 0.4) is 0 Å². The third-order valence-corrected chi connectivity index (χ3v) is 11.8. The average molecular weight is 868 g/mol. The zero-order valence-electron chi connectivity index (χ0n) is 33.0. The van der Waals surface area contributed by atoms with Crippen molar-refractivity contribution in [2.24, 2.45) is 0 Å². The molecule has 3 N–H and O–H groups in total. The lowest BCUT2D eigenvalue weighted by Gasteiger charge is -2.43. The van der Waals surface area contributed by atoms with E-state index < -0.39 is 34.9 Å². The number of carbonyl (C=O) groups is 4. The van der Waals surface area contributed by atoms with Gasteiger partial charge in [0.05, 0.1) is 24.0 Å². The van der Waals surface area contributed by atoms with E-state index in [1.54, 1.807) is 29.2 Å². The second kappa shape index (κ2) is 18.1. The number of halogens is 4. The molecule has 4 aliphatic rings. The first-order valence-electron chi connectivity index (χ1n) is 19.6. The Balaban J connectivity index is 0.00000604. The smallest absolute Gasteiger partial charge is 0.419 e. The molecule has 3 aromatic rings. The Hall–Kier alpha value is -5.35. The molecule has 1 aromatic heterocycles. The molecule has 1 saturated carbocycles. The van der Waals surface area contributed by atoms with Crippen LogP contribution in [-0.4, -0.2) is 100 Å². The highest BCUT2D eigenvalue weighted by Crippen LogP contribution is 2.49. The van der Waals surface area contributed by atoms with Gasteiger partial charge in [-0.1, -0.05) is 13.0 Å². The summed E-state index contributed by atoms with van der Waals surface area (Å²) in [6, 6.07) is 14.5. The lowest BCUT2D eigenvalue weighted by Crippen LogP contribution is -2.55. The molecule has 0 bridgehead atoms. The molecule has 1 aliphatic carbocycles. The van der Waals surface area contributed by atoms with Crippen LogP contribution in [-0.2, 0) is 31.8 Å². The molecule has 2 atom stereocenters. The van der Waals surface area contributed by atoms with Crippen molar-refractivity contribution in [3.8, 4) is 11.8 Å². The molecule has 318 valence electrons. The summed E-state index contributed by atoms with van der Waals surface area (Å²) in [6.45, 7) is 7.51. The quantitative estimate of drug-likeness (QED) is 0.160. The van der Waals surface area contributed by atoms with Crippen molar-refractivity contribution >= 4 is 76.1 Å². The molecule has 2 unspecified atom stereocenters. The number of thiocarbonyl (C=S) groups is 1. The summed E-state index contributed by atoms with van der Waals surface area (Å²) in [5.41, 5.74) is -0.402. The van der Waals surface area contributed by atoms with Gasteiger partial charge in [-0.05, 0) is 99.3 Å². The van der Waals surface area contributed by atoms with Crippen LogP contribution >= 0.6 is 24.6 Å². The minimum absolute atomic E-state index is 0. The number of nitriles is 1. The number of imide groups is 1. The zero-order valence-corrected chi connectivity index (χ0v) is 34.6. The van der Waals surface area contributed by atoms with Crippen LogP contribution in [0.1, 0.15) is 62.8 Å². The number of rotatable bonds is 12. The van der Waals surface area contributed by atoms with Gasteiger partial charge < -0.3 is 20.3 Å². The van der Waals surface area contributed by atoms with Crippen molar-refractivity contribution < 1.29 is 37.1 Å². The monoisotopic (exact) mass is 867 g/mol. The fraction of sp³-hybridized carbons (Fsp3) is 0.439. The number of piperazine rings is 1. The first-order valence-corrected chi connectivity index (χ1v) is 20.0. The van der Waals surface area contributed by atoms with Crippen LogP contribution < -0.4 is 30.5 Å². The summed E-state index contributed by atoms with van der Waals surface area (Å²) in [5, 5.41) is 17.7. The van der Waals surface area contributed by atoms with Gasteiger partial charge >= 0.3 is 6.18 Å². The van der Waals surface area contributed by atoms with E-state index in [1.165, 1.54) is 6.07 Å². The van der Waals surface area contributed by atoms with Crippen molar-refractivity contribution in [1.82, 2.24) is 20.1 Å².